The maximum atomic E-state index is 6.06. The lowest BCUT2D eigenvalue weighted by molar-refractivity contribution is 0.596. The van der Waals surface area contributed by atoms with Gasteiger partial charge in [0, 0.05) is 10.8 Å². The van der Waals surface area contributed by atoms with Crippen LogP contribution in [0, 0.1) is 12.8 Å². The van der Waals surface area contributed by atoms with Crippen LogP contribution in [0.25, 0.3) is 21.9 Å². The van der Waals surface area contributed by atoms with Gasteiger partial charge in [0.15, 0.2) is 0 Å². The Labute approximate surface area is 119 Å². The number of aryl methyl sites for hydroxylation is 1. The first kappa shape index (κ1) is 12.0. The number of fused-ring (bicyclic) bond motifs is 3. The Bertz CT molecular complexity index is 781. The highest BCUT2D eigenvalue weighted by molar-refractivity contribution is 6.05. The minimum Gasteiger partial charge on any atom is -0.456 e. The van der Waals surface area contributed by atoms with E-state index >= 15 is 0 Å². The topological polar surface area (TPSA) is 13.1 Å². The number of benzene rings is 2. The second kappa shape index (κ2) is 4.37. The largest absolute Gasteiger partial charge is 0.456 e. The fourth-order valence-corrected chi connectivity index (χ4v) is 3.66. The molecule has 1 fully saturated rings. The summed E-state index contributed by atoms with van der Waals surface area (Å²) < 4.78 is 6.06. The molecule has 0 aliphatic heterocycles. The summed E-state index contributed by atoms with van der Waals surface area (Å²) in [6.45, 7) is 4.47. The molecule has 0 saturated heterocycles. The predicted molar refractivity (Wildman–Crippen MR) is 84.2 cm³/mol. The zero-order valence-corrected chi connectivity index (χ0v) is 12.1. The van der Waals surface area contributed by atoms with Gasteiger partial charge in [-0.3, -0.25) is 0 Å². The van der Waals surface area contributed by atoms with Gasteiger partial charge >= 0.3 is 0 Å². The van der Waals surface area contributed by atoms with Crippen molar-refractivity contribution in [2.45, 2.75) is 39.0 Å². The van der Waals surface area contributed by atoms with Crippen LogP contribution in [0.1, 0.15) is 43.2 Å². The molecule has 1 aliphatic rings. The van der Waals surface area contributed by atoms with Crippen molar-refractivity contribution in [1.82, 2.24) is 0 Å². The fraction of sp³-hybridized carbons (Fsp3) is 0.368. The number of hydrogen-bond donors (Lipinski definition) is 0. The summed E-state index contributed by atoms with van der Waals surface area (Å²) in [6, 6.07) is 13.3. The lowest BCUT2D eigenvalue weighted by Gasteiger charge is -2.09. The molecule has 0 spiro atoms. The number of furan rings is 1. The van der Waals surface area contributed by atoms with E-state index in [-0.39, 0.29) is 0 Å². The van der Waals surface area contributed by atoms with Crippen molar-refractivity contribution in [1.29, 1.82) is 0 Å². The molecule has 0 N–H and O–H groups in total. The molecule has 1 heteroatoms. The van der Waals surface area contributed by atoms with Crippen molar-refractivity contribution < 1.29 is 4.42 Å². The van der Waals surface area contributed by atoms with Gasteiger partial charge in [-0.05, 0) is 54.9 Å². The monoisotopic (exact) mass is 264 g/mol. The molecule has 1 saturated carbocycles. The van der Waals surface area contributed by atoms with E-state index in [2.05, 4.69) is 50.2 Å². The molecule has 1 heterocycles. The van der Waals surface area contributed by atoms with Crippen LogP contribution >= 0.6 is 0 Å². The van der Waals surface area contributed by atoms with E-state index in [4.69, 9.17) is 4.42 Å². The summed E-state index contributed by atoms with van der Waals surface area (Å²) in [5, 5.41) is 2.48. The fourth-order valence-electron chi connectivity index (χ4n) is 3.66. The summed E-state index contributed by atoms with van der Waals surface area (Å²) in [4.78, 5) is 0. The second-order valence-corrected chi connectivity index (χ2v) is 6.47. The highest BCUT2D eigenvalue weighted by Crippen LogP contribution is 2.40. The molecule has 0 amide bonds. The Hall–Kier alpha value is -1.76. The van der Waals surface area contributed by atoms with E-state index < -0.39 is 0 Å². The summed E-state index contributed by atoms with van der Waals surface area (Å²) in [6.07, 6.45) is 4.01. The average Bonchev–Trinajstić information content (AvgIpc) is 3.00. The molecule has 1 unspecified atom stereocenters. The first-order valence-corrected chi connectivity index (χ1v) is 7.63. The van der Waals surface area contributed by atoms with Crippen LogP contribution < -0.4 is 0 Å². The molecule has 0 bridgehead atoms. The third-order valence-electron chi connectivity index (χ3n) is 4.82. The van der Waals surface area contributed by atoms with Gasteiger partial charge in [0.25, 0.3) is 0 Å². The van der Waals surface area contributed by atoms with Crippen LogP contribution in [0.5, 0.6) is 0 Å². The summed E-state index contributed by atoms with van der Waals surface area (Å²) in [5.41, 5.74) is 4.76. The Kier molecular flexibility index (Phi) is 2.63. The van der Waals surface area contributed by atoms with Crippen molar-refractivity contribution in [2.24, 2.45) is 5.92 Å². The lowest BCUT2D eigenvalue weighted by Crippen LogP contribution is -1.92. The molecule has 102 valence electrons. The van der Waals surface area contributed by atoms with Gasteiger partial charge in [0.05, 0.1) is 0 Å². The van der Waals surface area contributed by atoms with Crippen LogP contribution in [0.4, 0.5) is 0 Å². The van der Waals surface area contributed by atoms with E-state index in [1.807, 2.05) is 0 Å². The SMILES string of the molecule is Cc1ccc2c(c1)oc1cc(C3CC[C@@H](C)C3)ccc12. The van der Waals surface area contributed by atoms with E-state index in [9.17, 15) is 0 Å². The van der Waals surface area contributed by atoms with Gasteiger partial charge in [-0.2, -0.15) is 0 Å². The average molecular weight is 264 g/mol. The van der Waals surface area contributed by atoms with Gasteiger partial charge in [-0.15, -0.1) is 0 Å². The quantitative estimate of drug-likeness (QED) is 0.541. The van der Waals surface area contributed by atoms with E-state index in [0.29, 0.717) is 0 Å². The van der Waals surface area contributed by atoms with Crippen LogP contribution in [0.3, 0.4) is 0 Å². The first-order valence-electron chi connectivity index (χ1n) is 7.63. The van der Waals surface area contributed by atoms with Gasteiger partial charge < -0.3 is 4.42 Å². The summed E-state index contributed by atoms with van der Waals surface area (Å²) in [5.74, 6) is 1.60. The Morgan fingerprint density at radius 1 is 0.950 bits per heavy atom. The standard InChI is InChI=1S/C19H20O/c1-12-3-5-14(9-12)15-6-8-17-16-7-4-13(2)10-18(16)20-19(17)11-15/h4,6-8,10-12,14H,3,5,9H2,1-2H3/t12-,14?/m1/s1. The zero-order valence-electron chi connectivity index (χ0n) is 12.1. The van der Waals surface area contributed by atoms with Crippen molar-refractivity contribution in [3.05, 3.63) is 47.5 Å². The Balaban J connectivity index is 1.85. The molecule has 1 aromatic heterocycles. The van der Waals surface area contributed by atoms with Gasteiger partial charge in [0.2, 0.25) is 0 Å². The Morgan fingerprint density at radius 2 is 1.70 bits per heavy atom. The maximum absolute atomic E-state index is 6.06. The molecule has 20 heavy (non-hydrogen) atoms. The minimum atomic E-state index is 0.726. The van der Waals surface area contributed by atoms with Crippen molar-refractivity contribution >= 4 is 21.9 Å². The molecule has 3 aromatic rings. The van der Waals surface area contributed by atoms with Crippen LogP contribution in [-0.2, 0) is 0 Å². The maximum Gasteiger partial charge on any atom is 0.135 e. The summed E-state index contributed by atoms with van der Waals surface area (Å²) >= 11 is 0. The number of rotatable bonds is 1. The molecular weight excluding hydrogens is 244 g/mol. The van der Waals surface area contributed by atoms with Crippen molar-refractivity contribution in [3.63, 3.8) is 0 Å². The molecule has 4 rings (SSSR count). The van der Waals surface area contributed by atoms with Crippen LogP contribution in [0.15, 0.2) is 40.8 Å². The van der Waals surface area contributed by atoms with Gasteiger partial charge in [-0.25, -0.2) is 0 Å². The van der Waals surface area contributed by atoms with Crippen LogP contribution in [0.2, 0.25) is 0 Å². The molecule has 0 radical (unpaired) electrons. The molecular formula is C19H20O. The number of hydrogen-bond acceptors (Lipinski definition) is 1. The third kappa shape index (κ3) is 1.84. The van der Waals surface area contributed by atoms with Crippen molar-refractivity contribution in [2.75, 3.05) is 0 Å². The lowest BCUT2D eigenvalue weighted by atomic mass is 9.95. The predicted octanol–water partition coefficient (Wildman–Crippen LogP) is 5.80. The smallest absolute Gasteiger partial charge is 0.135 e. The minimum absolute atomic E-state index is 0.726. The van der Waals surface area contributed by atoms with Gasteiger partial charge in [-0.1, -0.05) is 37.6 Å². The van der Waals surface area contributed by atoms with Crippen molar-refractivity contribution in [3.8, 4) is 0 Å². The molecule has 1 aliphatic carbocycles. The molecule has 2 aromatic carbocycles. The third-order valence-corrected chi connectivity index (χ3v) is 4.82. The summed E-state index contributed by atoms with van der Waals surface area (Å²) in [7, 11) is 0. The zero-order chi connectivity index (χ0) is 13.7. The van der Waals surface area contributed by atoms with Crippen LogP contribution in [-0.4, -0.2) is 0 Å². The van der Waals surface area contributed by atoms with E-state index in [0.717, 1.165) is 23.0 Å². The highest BCUT2D eigenvalue weighted by atomic mass is 16.3. The highest BCUT2D eigenvalue weighted by Gasteiger charge is 2.23. The molecule has 1 nitrogen and oxygen atoms in total. The normalized spacial score (nSPS) is 22.9. The van der Waals surface area contributed by atoms with Gasteiger partial charge in [0.1, 0.15) is 11.2 Å². The van der Waals surface area contributed by atoms with E-state index in [1.165, 1.54) is 41.2 Å². The first-order chi connectivity index (χ1) is 9.70. The molecule has 2 atom stereocenters. The second-order valence-electron chi connectivity index (χ2n) is 6.47. The Morgan fingerprint density at radius 3 is 2.45 bits per heavy atom. The van der Waals surface area contributed by atoms with E-state index in [1.54, 1.807) is 0 Å².